The summed E-state index contributed by atoms with van der Waals surface area (Å²) in [5.74, 6) is 0.768. The van der Waals surface area contributed by atoms with Gasteiger partial charge in [-0.25, -0.2) is 0 Å². The van der Waals surface area contributed by atoms with E-state index in [1.54, 1.807) is 6.20 Å². The zero-order valence-electron chi connectivity index (χ0n) is 10.2. The Morgan fingerprint density at radius 3 is 2.78 bits per heavy atom. The molecule has 0 aliphatic heterocycles. The lowest BCUT2D eigenvalue weighted by Crippen LogP contribution is -2.04. The van der Waals surface area contributed by atoms with Crippen molar-refractivity contribution in [2.45, 2.75) is 20.1 Å². The number of nitrogens with zero attached hydrogens (tertiary/aromatic N) is 1. The number of benzene rings is 1. The standard InChI is InChI=1S/C14H15ClN2O/c1-10-6-14(12(7-16)8-17-10)18-9-11-4-2-3-5-13(11)15/h2-6,8H,7,9,16H2,1H3. The molecule has 0 unspecified atom stereocenters. The first-order valence-corrected chi connectivity index (χ1v) is 6.10. The van der Waals surface area contributed by atoms with Gasteiger partial charge in [-0.15, -0.1) is 0 Å². The van der Waals surface area contributed by atoms with Crippen LogP contribution < -0.4 is 10.5 Å². The van der Waals surface area contributed by atoms with E-state index in [0.29, 0.717) is 18.2 Å². The zero-order chi connectivity index (χ0) is 13.0. The number of hydrogen-bond acceptors (Lipinski definition) is 3. The Hall–Kier alpha value is -1.58. The van der Waals surface area contributed by atoms with E-state index >= 15 is 0 Å². The van der Waals surface area contributed by atoms with E-state index in [1.807, 2.05) is 37.3 Å². The van der Waals surface area contributed by atoms with Crippen molar-refractivity contribution >= 4 is 11.6 Å². The van der Waals surface area contributed by atoms with E-state index in [1.165, 1.54) is 0 Å². The molecular formula is C14H15ClN2O. The monoisotopic (exact) mass is 262 g/mol. The minimum atomic E-state index is 0.408. The second-order valence-electron chi connectivity index (χ2n) is 4.02. The van der Waals surface area contributed by atoms with Crippen molar-refractivity contribution in [2.24, 2.45) is 5.73 Å². The van der Waals surface area contributed by atoms with Crippen LogP contribution in [0.5, 0.6) is 5.75 Å². The molecule has 18 heavy (non-hydrogen) atoms. The van der Waals surface area contributed by atoms with E-state index in [-0.39, 0.29) is 0 Å². The normalized spacial score (nSPS) is 10.4. The van der Waals surface area contributed by atoms with Gasteiger partial charge in [-0.1, -0.05) is 29.8 Å². The van der Waals surface area contributed by atoms with Gasteiger partial charge in [-0.05, 0) is 13.0 Å². The highest BCUT2D eigenvalue weighted by Crippen LogP contribution is 2.21. The Morgan fingerprint density at radius 1 is 1.28 bits per heavy atom. The van der Waals surface area contributed by atoms with Gasteiger partial charge < -0.3 is 10.5 Å². The Bertz CT molecular complexity index is 543. The van der Waals surface area contributed by atoms with Crippen molar-refractivity contribution < 1.29 is 4.74 Å². The second-order valence-corrected chi connectivity index (χ2v) is 4.42. The summed E-state index contributed by atoms with van der Waals surface area (Å²) in [4.78, 5) is 4.20. The molecule has 1 aromatic carbocycles. The van der Waals surface area contributed by atoms with E-state index in [4.69, 9.17) is 22.1 Å². The SMILES string of the molecule is Cc1cc(OCc2ccccc2Cl)c(CN)cn1. The number of pyridine rings is 1. The van der Waals surface area contributed by atoms with Crippen LogP contribution in [0.3, 0.4) is 0 Å². The molecule has 0 amide bonds. The predicted octanol–water partition coefficient (Wildman–Crippen LogP) is 3.08. The fraction of sp³-hybridized carbons (Fsp3) is 0.214. The molecule has 2 N–H and O–H groups in total. The highest BCUT2D eigenvalue weighted by molar-refractivity contribution is 6.31. The van der Waals surface area contributed by atoms with Crippen molar-refractivity contribution in [2.75, 3.05) is 0 Å². The van der Waals surface area contributed by atoms with E-state index in [9.17, 15) is 0 Å². The van der Waals surface area contributed by atoms with Crippen molar-refractivity contribution in [1.82, 2.24) is 4.98 Å². The van der Waals surface area contributed by atoms with Crippen LogP contribution >= 0.6 is 11.6 Å². The molecule has 2 rings (SSSR count). The average molecular weight is 263 g/mol. The molecule has 0 bridgehead atoms. The summed E-state index contributed by atoms with van der Waals surface area (Å²) in [5.41, 5.74) is 8.41. The highest BCUT2D eigenvalue weighted by atomic mass is 35.5. The number of ether oxygens (including phenoxy) is 1. The number of rotatable bonds is 4. The first-order valence-electron chi connectivity index (χ1n) is 5.72. The molecule has 4 heteroatoms. The van der Waals surface area contributed by atoms with Crippen LogP contribution in [0.1, 0.15) is 16.8 Å². The van der Waals surface area contributed by atoms with E-state index in [0.717, 1.165) is 22.6 Å². The fourth-order valence-electron chi connectivity index (χ4n) is 1.62. The van der Waals surface area contributed by atoms with Crippen LogP contribution in [0, 0.1) is 6.92 Å². The van der Waals surface area contributed by atoms with Crippen LogP contribution in [0.4, 0.5) is 0 Å². The second kappa shape index (κ2) is 5.85. The number of nitrogens with two attached hydrogens (primary N) is 1. The van der Waals surface area contributed by atoms with Gasteiger partial charge in [0.2, 0.25) is 0 Å². The molecule has 1 aromatic heterocycles. The minimum Gasteiger partial charge on any atom is -0.488 e. The molecule has 0 aliphatic carbocycles. The molecule has 0 radical (unpaired) electrons. The van der Waals surface area contributed by atoms with Gasteiger partial charge in [0.25, 0.3) is 0 Å². The van der Waals surface area contributed by atoms with Gasteiger partial charge in [0.1, 0.15) is 12.4 Å². The van der Waals surface area contributed by atoms with Crippen LogP contribution in [-0.4, -0.2) is 4.98 Å². The Morgan fingerprint density at radius 2 is 2.06 bits per heavy atom. The first-order chi connectivity index (χ1) is 8.70. The summed E-state index contributed by atoms with van der Waals surface area (Å²) in [6, 6.07) is 9.51. The largest absolute Gasteiger partial charge is 0.488 e. The highest BCUT2D eigenvalue weighted by Gasteiger charge is 2.05. The molecule has 0 aliphatic rings. The number of aryl methyl sites for hydroxylation is 1. The van der Waals surface area contributed by atoms with Gasteiger partial charge in [-0.3, -0.25) is 4.98 Å². The number of hydrogen-bond donors (Lipinski definition) is 1. The fourth-order valence-corrected chi connectivity index (χ4v) is 1.81. The maximum Gasteiger partial charge on any atom is 0.127 e. The van der Waals surface area contributed by atoms with Crippen molar-refractivity contribution in [3.05, 3.63) is 58.4 Å². The Kier molecular flexibility index (Phi) is 4.18. The molecule has 0 spiro atoms. The van der Waals surface area contributed by atoms with Gasteiger partial charge >= 0.3 is 0 Å². The summed E-state index contributed by atoms with van der Waals surface area (Å²) >= 11 is 6.08. The van der Waals surface area contributed by atoms with Gasteiger partial charge in [0, 0.05) is 40.7 Å². The topological polar surface area (TPSA) is 48.1 Å². The first kappa shape index (κ1) is 12.9. The van der Waals surface area contributed by atoms with Crippen LogP contribution in [0.25, 0.3) is 0 Å². The lowest BCUT2D eigenvalue weighted by atomic mass is 10.2. The third-order valence-corrected chi connectivity index (χ3v) is 3.01. The summed E-state index contributed by atoms with van der Waals surface area (Å²) in [5, 5.41) is 0.706. The van der Waals surface area contributed by atoms with Crippen molar-refractivity contribution in [3.63, 3.8) is 0 Å². The maximum atomic E-state index is 6.08. The molecule has 0 fully saturated rings. The lowest BCUT2D eigenvalue weighted by molar-refractivity contribution is 0.302. The zero-order valence-corrected chi connectivity index (χ0v) is 10.9. The number of halogens is 1. The van der Waals surface area contributed by atoms with Crippen LogP contribution in [-0.2, 0) is 13.2 Å². The minimum absolute atomic E-state index is 0.408. The lowest BCUT2D eigenvalue weighted by Gasteiger charge is -2.11. The van der Waals surface area contributed by atoms with Gasteiger partial charge in [0.05, 0.1) is 0 Å². The Labute approximate surface area is 112 Å². The predicted molar refractivity (Wildman–Crippen MR) is 72.6 cm³/mol. The van der Waals surface area contributed by atoms with E-state index < -0.39 is 0 Å². The molecule has 1 heterocycles. The molecule has 3 nitrogen and oxygen atoms in total. The third kappa shape index (κ3) is 3.00. The Balaban J connectivity index is 2.15. The molecule has 0 saturated heterocycles. The van der Waals surface area contributed by atoms with Crippen LogP contribution in [0.2, 0.25) is 5.02 Å². The molecule has 0 atom stereocenters. The number of aromatic nitrogens is 1. The molecule has 94 valence electrons. The average Bonchev–Trinajstić information content (AvgIpc) is 2.38. The summed E-state index contributed by atoms with van der Waals surface area (Å²) < 4.78 is 5.77. The molecule has 0 saturated carbocycles. The summed E-state index contributed by atoms with van der Waals surface area (Å²) in [7, 11) is 0. The summed E-state index contributed by atoms with van der Waals surface area (Å²) in [6.45, 7) is 2.75. The van der Waals surface area contributed by atoms with E-state index in [2.05, 4.69) is 4.98 Å². The van der Waals surface area contributed by atoms with Gasteiger partial charge in [-0.2, -0.15) is 0 Å². The third-order valence-electron chi connectivity index (χ3n) is 2.64. The van der Waals surface area contributed by atoms with Crippen molar-refractivity contribution in [3.8, 4) is 5.75 Å². The van der Waals surface area contributed by atoms with Crippen molar-refractivity contribution in [1.29, 1.82) is 0 Å². The van der Waals surface area contributed by atoms with Gasteiger partial charge in [0.15, 0.2) is 0 Å². The molecular weight excluding hydrogens is 248 g/mol. The summed E-state index contributed by atoms with van der Waals surface area (Å²) in [6.07, 6.45) is 1.75. The maximum absolute atomic E-state index is 6.08. The van der Waals surface area contributed by atoms with Crippen LogP contribution in [0.15, 0.2) is 36.5 Å². The quantitative estimate of drug-likeness (QED) is 0.921. The molecule has 2 aromatic rings. The smallest absolute Gasteiger partial charge is 0.127 e.